The number of aromatic nitrogens is 2. The maximum absolute atomic E-state index is 11.5. The van der Waals surface area contributed by atoms with Gasteiger partial charge in [0.05, 0.1) is 24.5 Å². The highest BCUT2D eigenvalue weighted by Gasteiger charge is 2.28. The highest BCUT2D eigenvalue weighted by Crippen LogP contribution is 2.22. The molecular formula is C17H20ClN3O4S. The zero-order valence-corrected chi connectivity index (χ0v) is 15.8. The molecule has 0 saturated carbocycles. The van der Waals surface area contributed by atoms with Gasteiger partial charge in [-0.2, -0.15) is 0 Å². The fraction of sp³-hybridized carbons (Fsp3) is 0.412. The summed E-state index contributed by atoms with van der Waals surface area (Å²) in [6.45, 7) is 1.37. The SMILES string of the molecule is CS(=O)(=O)N[C@H]1CCOC[C@@H]1COc1ccc(-c2ncc(Cl)cn2)cc1. The Morgan fingerprint density at radius 1 is 1.27 bits per heavy atom. The third kappa shape index (κ3) is 5.38. The van der Waals surface area contributed by atoms with Crippen LogP contribution in [0.25, 0.3) is 11.4 Å². The Morgan fingerprint density at radius 3 is 2.62 bits per heavy atom. The zero-order chi connectivity index (χ0) is 18.6. The van der Waals surface area contributed by atoms with E-state index < -0.39 is 10.0 Å². The van der Waals surface area contributed by atoms with E-state index in [9.17, 15) is 8.42 Å². The number of benzene rings is 1. The van der Waals surface area contributed by atoms with Gasteiger partial charge in [-0.05, 0) is 30.7 Å². The number of hydrogen-bond acceptors (Lipinski definition) is 6. The van der Waals surface area contributed by atoms with Crippen molar-refractivity contribution in [2.24, 2.45) is 5.92 Å². The zero-order valence-electron chi connectivity index (χ0n) is 14.3. The summed E-state index contributed by atoms with van der Waals surface area (Å²) in [6.07, 6.45) is 4.89. The van der Waals surface area contributed by atoms with Crippen molar-refractivity contribution in [2.45, 2.75) is 12.5 Å². The lowest BCUT2D eigenvalue weighted by Gasteiger charge is -2.31. The van der Waals surface area contributed by atoms with E-state index in [2.05, 4.69) is 14.7 Å². The molecule has 1 N–H and O–H groups in total. The highest BCUT2D eigenvalue weighted by atomic mass is 35.5. The van der Waals surface area contributed by atoms with Gasteiger partial charge in [0.25, 0.3) is 0 Å². The summed E-state index contributed by atoms with van der Waals surface area (Å²) in [5.41, 5.74) is 0.853. The van der Waals surface area contributed by atoms with Crippen LogP contribution in [-0.4, -0.2) is 50.5 Å². The smallest absolute Gasteiger partial charge is 0.208 e. The van der Waals surface area contributed by atoms with Crippen LogP contribution in [0.4, 0.5) is 0 Å². The van der Waals surface area contributed by atoms with E-state index in [0.717, 1.165) is 11.8 Å². The van der Waals surface area contributed by atoms with Crippen molar-refractivity contribution in [1.29, 1.82) is 0 Å². The van der Waals surface area contributed by atoms with E-state index in [1.807, 2.05) is 24.3 Å². The molecule has 3 rings (SSSR count). The van der Waals surface area contributed by atoms with E-state index in [1.165, 1.54) is 0 Å². The Labute approximate surface area is 157 Å². The van der Waals surface area contributed by atoms with Crippen molar-refractivity contribution >= 4 is 21.6 Å². The van der Waals surface area contributed by atoms with E-state index in [4.69, 9.17) is 21.1 Å². The van der Waals surface area contributed by atoms with Crippen molar-refractivity contribution in [3.63, 3.8) is 0 Å². The lowest BCUT2D eigenvalue weighted by atomic mass is 9.98. The summed E-state index contributed by atoms with van der Waals surface area (Å²) >= 11 is 5.79. The van der Waals surface area contributed by atoms with Gasteiger partial charge >= 0.3 is 0 Å². The minimum absolute atomic E-state index is 0.0437. The van der Waals surface area contributed by atoms with Gasteiger partial charge in [-0.1, -0.05) is 11.6 Å². The van der Waals surface area contributed by atoms with Crippen LogP contribution in [-0.2, 0) is 14.8 Å². The second-order valence-corrected chi connectivity index (χ2v) is 8.40. The molecule has 0 unspecified atom stereocenters. The molecule has 7 nitrogen and oxygen atoms in total. The molecule has 140 valence electrons. The van der Waals surface area contributed by atoms with E-state index in [0.29, 0.717) is 42.8 Å². The molecule has 2 atom stereocenters. The Kier molecular flexibility index (Phi) is 6.08. The van der Waals surface area contributed by atoms with Crippen molar-refractivity contribution in [2.75, 3.05) is 26.1 Å². The number of sulfonamides is 1. The molecule has 1 aromatic heterocycles. The van der Waals surface area contributed by atoms with Gasteiger partial charge in [0, 0.05) is 36.5 Å². The number of nitrogens with zero attached hydrogens (tertiary/aromatic N) is 2. The van der Waals surface area contributed by atoms with E-state index >= 15 is 0 Å². The van der Waals surface area contributed by atoms with Gasteiger partial charge < -0.3 is 9.47 Å². The Morgan fingerprint density at radius 2 is 1.96 bits per heavy atom. The molecule has 2 aromatic rings. The summed E-state index contributed by atoms with van der Waals surface area (Å²) in [5.74, 6) is 1.23. The molecule has 0 spiro atoms. The van der Waals surface area contributed by atoms with Gasteiger partial charge in [-0.15, -0.1) is 0 Å². The topological polar surface area (TPSA) is 90.4 Å². The van der Waals surface area contributed by atoms with Crippen molar-refractivity contribution in [3.05, 3.63) is 41.7 Å². The third-order valence-electron chi connectivity index (χ3n) is 4.04. The molecule has 2 heterocycles. The molecule has 1 aliphatic rings. The quantitative estimate of drug-likeness (QED) is 0.803. The predicted octanol–water partition coefficient (Wildman–Crippen LogP) is 2.13. The first-order chi connectivity index (χ1) is 12.4. The van der Waals surface area contributed by atoms with Crippen LogP contribution in [0.15, 0.2) is 36.7 Å². The fourth-order valence-electron chi connectivity index (χ4n) is 2.76. The summed E-state index contributed by atoms with van der Waals surface area (Å²) < 4.78 is 36.9. The van der Waals surface area contributed by atoms with Crippen LogP contribution >= 0.6 is 11.6 Å². The van der Waals surface area contributed by atoms with Crippen molar-refractivity contribution in [3.8, 4) is 17.1 Å². The first-order valence-corrected chi connectivity index (χ1v) is 10.4. The van der Waals surface area contributed by atoms with Gasteiger partial charge in [0.1, 0.15) is 5.75 Å². The highest BCUT2D eigenvalue weighted by molar-refractivity contribution is 7.88. The van der Waals surface area contributed by atoms with Crippen molar-refractivity contribution < 1.29 is 17.9 Å². The standard InChI is InChI=1S/C17H20ClN3O4S/c1-26(22,23)21-16-6-7-24-10-13(16)11-25-15-4-2-12(3-5-15)17-19-8-14(18)9-20-17/h2-5,8-9,13,16,21H,6-7,10-11H2,1H3/t13-,16+/m1/s1. The minimum atomic E-state index is -3.26. The molecule has 0 aliphatic carbocycles. The first kappa shape index (κ1) is 19.0. The molecular weight excluding hydrogens is 378 g/mol. The number of halogens is 1. The third-order valence-corrected chi connectivity index (χ3v) is 4.96. The van der Waals surface area contributed by atoms with Gasteiger partial charge in [-0.25, -0.2) is 23.1 Å². The van der Waals surface area contributed by atoms with Crippen LogP contribution in [0.3, 0.4) is 0 Å². The lowest BCUT2D eigenvalue weighted by Crippen LogP contribution is -2.47. The number of hydrogen-bond donors (Lipinski definition) is 1. The normalized spacial score (nSPS) is 20.7. The molecule has 1 saturated heterocycles. The second-order valence-electron chi connectivity index (χ2n) is 6.18. The van der Waals surface area contributed by atoms with Crippen LogP contribution < -0.4 is 9.46 Å². The van der Waals surface area contributed by atoms with Crippen LogP contribution in [0.2, 0.25) is 5.02 Å². The van der Waals surface area contributed by atoms with Crippen molar-refractivity contribution in [1.82, 2.24) is 14.7 Å². The number of rotatable bonds is 6. The molecule has 1 aromatic carbocycles. The Bertz CT molecular complexity index is 828. The monoisotopic (exact) mass is 397 g/mol. The van der Waals surface area contributed by atoms with Crippen LogP contribution in [0, 0.1) is 5.92 Å². The van der Waals surface area contributed by atoms with Crippen LogP contribution in [0.1, 0.15) is 6.42 Å². The van der Waals surface area contributed by atoms with Crippen LogP contribution in [0.5, 0.6) is 5.75 Å². The molecule has 1 aliphatic heterocycles. The fourth-order valence-corrected chi connectivity index (χ4v) is 3.71. The first-order valence-electron chi connectivity index (χ1n) is 8.16. The lowest BCUT2D eigenvalue weighted by molar-refractivity contribution is 0.0187. The second kappa shape index (κ2) is 8.30. The summed E-state index contributed by atoms with van der Waals surface area (Å²) in [5, 5.41) is 0.487. The Balaban J connectivity index is 1.61. The number of nitrogens with one attached hydrogen (secondary N) is 1. The van der Waals surface area contributed by atoms with E-state index in [-0.39, 0.29) is 12.0 Å². The molecule has 0 amide bonds. The predicted molar refractivity (Wildman–Crippen MR) is 98.7 cm³/mol. The molecule has 0 bridgehead atoms. The van der Waals surface area contributed by atoms with E-state index in [1.54, 1.807) is 12.4 Å². The molecule has 9 heteroatoms. The average Bonchev–Trinajstić information content (AvgIpc) is 2.61. The van der Waals surface area contributed by atoms with Gasteiger partial charge in [-0.3, -0.25) is 0 Å². The maximum Gasteiger partial charge on any atom is 0.208 e. The average molecular weight is 398 g/mol. The Hall–Kier alpha value is -1.74. The maximum atomic E-state index is 11.5. The van der Waals surface area contributed by atoms with Gasteiger partial charge in [0.2, 0.25) is 10.0 Å². The largest absolute Gasteiger partial charge is 0.493 e. The molecule has 26 heavy (non-hydrogen) atoms. The summed E-state index contributed by atoms with van der Waals surface area (Å²) in [4.78, 5) is 8.35. The molecule has 1 fully saturated rings. The molecule has 0 radical (unpaired) electrons. The number of ether oxygens (including phenoxy) is 2. The summed E-state index contributed by atoms with van der Waals surface area (Å²) in [6, 6.07) is 7.21. The minimum Gasteiger partial charge on any atom is -0.493 e. The van der Waals surface area contributed by atoms with Gasteiger partial charge in [0.15, 0.2) is 5.82 Å². The summed E-state index contributed by atoms with van der Waals surface area (Å²) in [7, 11) is -3.26.